The molecule has 8 heteroatoms. The number of urea groups is 1. The van der Waals surface area contributed by atoms with Crippen molar-refractivity contribution in [1.29, 1.82) is 0 Å². The predicted molar refractivity (Wildman–Crippen MR) is 165 cm³/mol. The molecule has 3 N–H and O–H groups in total. The summed E-state index contributed by atoms with van der Waals surface area (Å²) in [5.74, 6) is 2.93. The molecular weight excluding hydrogens is 542 g/mol. The number of rotatable bonds is 10. The molecule has 0 radical (unpaired) electrons. The van der Waals surface area contributed by atoms with Gasteiger partial charge in [-0.05, 0) is 131 Å². The van der Waals surface area contributed by atoms with E-state index in [9.17, 15) is 14.4 Å². The Bertz CT molecular complexity index is 1100. The van der Waals surface area contributed by atoms with E-state index in [-0.39, 0.29) is 41.0 Å². The number of hydrogen-bond acceptors (Lipinski definition) is 5. The van der Waals surface area contributed by atoms with Crippen LogP contribution in [0.2, 0.25) is 0 Å². The van der Waals surface area contributed by atoms with E-state index in [2.05, 4.69) is 16.0 Å². The van der Waals surface area contributed by atoms with Gasteiger partial charge in [0.1, 0.15) is 5.75 Å². The second-order valence-electron chi connectivity index (χ2n) is 14.6. The lowest BCUT2D eigenvalue weighted by Gasteiger charge is -2.56. The summed E-state index contributed by atoms with van der Waals surface area (Å²) in [6.07, 6.45) is 17.1. The molecule has 1 aromatic carbocycles. The monoisotopic (exact) mass is 593 g/mol. The first-order valence-electron chi connectivity index (χ1n) is 17.1. The van der Waals surface area contributed by atoms with E-state index >= 15 is 0 Å². The summed E-state index contributed by atoms with van der Waals surface area (Å²) in [7, 11) is 0. The molecule has 3 amide bonds. The van der Waals surface area contributed by atoms with Gasteiger partial charge in [0, 0.05) is 24.5 Å². The second kappa shape index (κ2) is 13.1. The van der Waals surface area contributed by atoms with Gasteiger partial charge in [-0.2, -0.15) is 0 Å². The lowest BCUT2D eigenvalue weighted by Crippen LogP contribution is -2.62. The normalized spacial score (nSPS) is 32.4. The van der Waals surface area contributed by atoms with Crippen LogP contribution in [0, 0.1) is 23.2 Å². The number of ether oxygens (including phenoxy) is 2. The Balaban J connectivity index is 0.948. The third kappa shape index (κ3) is 7.49. The van der Waals surface area contributed by atoms with Crippen LogP contribution in [0.1, 0.15) is 120 Å². The molecule has 6 saturated carbocycles. The molecule has 0 atom stereocenters. The number of carbonyl (C=O) groups is 3. The van der Waals surface area contributed by atoms with Gasteiger partial charge in [0.25, 0.3) is 0 Å². The molecule has 6 aliphatic carbocycles. The molecular formula is C35H51N3O5. The SMILES string of the molecule is CCOC(=O)c1ccc(OC2CCC(NC(=O)CC3(CNC(=O)NC45CC6CC(CC(C6)C4)C5)CCCCC3)CC2)cc1. The molecule has 0 aliphatic heterocycles. The molecule has 236 valence electrons. The second-order valence-corrected chi connectivity index (χ2v) is 14.6. The van der Waals surface area contributed by atoms with Gasteiger partial charge in [-0.25, -0.2) is 9.59 Å². The van der Waals surface area contributed by atoms with Crippen LogP contribution in [0.5, 0.6) is 5.75 Å². The van der Waals surface area contributed by atoms with Crippen LogP contribution in [-0.2, 0) is 9.53 Å². The van der Waals surface area contributed by atoms with Gasteiger partial charge in [-0.15, -0.1) is 0 Å². The van der Waals surface area contributed by atoms with Gasteiger partial charge in [-0.3, -0.25) is 4.79 Å². The minimum atomic E-state index is -0.322. The number of benzene rings is 1. The molecule has 8 nitrogen and oxygen atoms in total. The lowest BCUT2D eigenvalue weighted by molar-refractivity contribution is -0.125. The highest BCUT2D eigenvalue weighted by Crippen LogP contribution is 2.55. The van der Waals surface area contributed by atoms with Crippen molar-refractivity contribution in [3.05, 3.63) is 29.8 Å². The minimum absolute atomic E-state index is 0.00455. The molecule has 0 heterocycles. The van der Waals surface area contributed by atoms with Crippen LogP contribution in [0.4, 0.5) is 4.79 Å². The smallest absolute Gasteiger partial charge is 0.338 e. The number of carbonyl (C=O) groups excluding carboxylic acids is 3. The van der Waals surface area contributed by atoms with Crippen molar-refractivity contribution < 1.29 is 23.9 Å². The number of esters is 1. The van der Waals surface area contributed by atoms with Crippen LogP contribution >= 0.6 is 0 Å². The molecule has 6 fully saturated rings. The Labute approximate surface area is 256 Å². The molecule has 6 aliphatic rings. The van der Waals surface area contributed by atoms with E-state index in [0.717, 1.165) is 94.1 Å². The molecule has 0 spiro atoms. The van der Waals surface area contributed by atoms with Crippen molar-refractivity contribution in [3.8, 4) is 5.75 Å². The van der Waals surface area contributed by atoms with E-state index in [4.69, 9.17) is 9.47 Å². The van der Waals surface area contributed by atoms with Gasteiger partial charge < -0.3 is 25.4 Å². The van der Waals surface area contributed by atoms with E-state index < -0.39 is 0 Å². The summed E-state index contributed by atoms with van der Waals surface area (Å²) in [6.45, 7) is 2.73. The summed E-state index contributed by atoms with van der Waals surface area (Å²) in [5.41, 5.74) is 0.372. The molecule has 0 saturated heterocycles. The molecule has 4 bridgehead atoms. The molecule has 7 rings (SSSR count). The Morgan fingerprint density at radius 3 is 2.09 bits per heavy atom. The number of hydrogen-bond donors (Lipinski definition) is 3. The van der Waals surface area contributed by atoms with Crippen LogP contribution < -0.4 is 20.7 Å². The molecule has 0 unspecified atom stereocenters. The van der Waals surface area contributed by atoms with Gasteiger partial charge >= 0.3 is 12.0 Å². The fraction of sp³-hybridized carbons (Fsp3) is 0.743. The summed E-state index contributed by atoms with van der Waals surface area (Å²) in [4.78, 5) is 38.4. The maximum Gasteiger partial charge on any atom is 0.338 e. The molecule has 0 aromatic heterocycles. The topological polar surface area (TPSA) is 106 Å². The third-order valence-corrected chi connectivity index (χ3v) is 11.2. The summed E-state index contributed by atoms with van der Waals surface area (Å²) in [6, 6.07) is 7.25. The van der Waals surface area contributed by atoms with Gasteiger partial charge in [0.15, 0.2) is 0 Å². The number of amides is 3. The largest absolute Gasteiger partial charge is 0.490 e. The highest BCUT2D eigenvalue weighted by molar-refractivity contribution is 5.89. The molecule has 1 aromatic rings. The summed E-state index contributed by atoms with van der Waals surface area (Å²) >= 11 is 0. The summed E-state index contributed by atoms with van der Waals surface area (Å²) in [5, 5.41) is 10.0. The zero-order valence-electron chi connectivity index (χ0n) is 26.0. The van der Waals surface area contributed by atoms with E-state index in [1.165, 1.54) is 25.7 Å². The van der Waals surface area contributed by atoms with Crippen LogP contribution in [0.3, 0.4) is 0 Å². The van der Waals surface area contributed by atoms with Crippen molar-refractivity contribution in [2.75, 3.05) is 13.2 Å². The quantitative estimate of drug-likeness (QED) is 0.277. The third-order valence-electron chi connectivity index (χ3n) is 11.2. The zero-order valence-corrected chi connectivity index (χ0v) is 26.0. The average Bonchev–Trinajstić information content (AvgIpc) is 2.97. The first kappa shape index (κ1) is 30.3. The number of nitrogens with one attached hydrogen (secondary N) is 3. The van der Waals surface area contributed by atoms with Crippen molar-refractivity contribution in [2.45, 2.75) is 127 Å². The first-order valence-corrected chi connectivity index (χ1v) is 17.1. The maximum atomic E-state index is 13.3. The van der Waals surface area contributed by atoms with Gasteiger partial charge in [-0.1, -0.05) is 19.3 Å². The zero-order chi connectivity index (χ0) is 29.9. The highest BCUT2D eigenvalue weighted by Gasteiger charge is 2.51. The van der Waals surface area contributed by atoms with Crippen molar-refractivity contribution in [1.82, 2.24) is 16.0 Å². The van der Waals surface area contributed by atoms with Crippen LogP contribution in [-0.4, -0.2) is 48.7 Å². The fourth-order valence-electron chi connectivity index (χ4n) is 9.56. The average molecular weight is 594 g/mol. The van der Waals surface area contributed by atoms with Crippen LogP contribution in [0.25, 0.3) is 0 Å². The molecule has 43 heavy (non-hydrogen) atoms. The van der Waals surface area contributed by atoms with Crippen molar-refractivity contribution in [3.63, 3.8) is 0 Å². The van der Waals surface area contributed by atoms with E-state index in [1.807, 2.05) is 12.1 Å². The van der Waals surface area contributed by atoms with Crippen molar-refractivity contribution in [2.24, 2.45) is 23.2 Å². The van der Waals surface area contributed by atoms with E-state index in [1.54, 1.807) is 19.1 Å². The predicted octanol–water partition coefficient (Wildman–Crippen LogP) is 6.28. The fourth-order valence-corrected chi connectivity index (χ4v) is 9.56. The van der Waals surface area contributed by atoms with Gasteiger partial charge in [0.2, 0.25) is 5.91 Å². The lowest BCUT2D eigenvalue weighted by atomic mass is 9.53. The van der Waals surface area contributed by atoms with Crippen LogP contribution in [0.15, 0.2) is 24.3 Å². The standard InChI is InChI=1S/C35H51N3O5/c1-2-42-32(40)27-6-10-29(11-7-27)43-30-12-8-28(9-13-30)37-31(39)22-34(14-4-3-5-15-34)23-36-33(41)38-35-19-24-16-25(20-35)18-26(17-24)21-35/h6-7,10-11,24-26,28,30H,2-5,8-9,12-23H2,1H3,(H,37,39)(H2,36,38,41). The maximum absolute atomic E-state index is 13.3. The Morgan fingerprint density at radius 1 is 0.860 bits per heavy atom. The Hall–Kier alpha value is -2.77. The first-order chi connectivity index (χ1) is 20.8. The van der Waals surface area contributed by atoms with Crippen molar-refractivity contribution >= 4 is 17.9 Å². The summed E-state index contributed by atoms with van der Waals surface area (Å²) < 4.78 is 11.2. The highest BCUT2D eigenvalue weighted by atomic mass is 16.5. The Kier molecular flexibility index (Phi) is 9.20. The van der Waals surface area contributed by atoms with E-state index in [0.29, 0.717) is 25.1 Å². The Morgan fingerprint density at radius 2 is 1.49 bits per heavy atom. The minimum Gasteiger partial charge on any atom is -0.490 e. The van der Waals surface area contributed by atoms with Gasteiger partial charge in [0.05, 0.1) is 18.3 Å².